The Morgan fingerprint density at radius 2 is 1.75 bits per heavy atom. The van der Waals surface area contributed by atoms with Crippen LogP contribution in [0.2, 0.25) is 0 Å². The highest BCUT2D eigenvalue weighted by molar-refractivity contribution is 6.06. The summed E-state index contributed by atoms with van der Waals surface area (Å²) in [7, 11) is 0. The van der Waals surface area contributed by atoms with E-state index in [-0.39, 0.29) is 22.4 Å². The first-order valence-electron chi connectivity index (χ1n) is 9.45. The van der Waals surface area contributed by atoms with Crippen molar-refractivity contribution in [2.45, 2.75) is 20.0 Å². The minimum atomic E-state index is -4.69. The minimum absolute atomic E-state index is 0.0237. The molecule has 0 spiro atoms. The number of benzene rings is 2. The molecule has 1 heterocycles. The molecular formula is C23H19F3N4O2. The lowest BCUT2D eigenvalue weighted by Crippen LogP contribution is -2.21. The van der Waals surface area contributed by atoms with Crippen LogP contribution in [-0.4, -0.2) is 23.0 Å². The van der Waals surface area contributed by atoms with Gasteiger partial charge in [-0.1, -0.05) is 36.4 Å². The second-order valence-corrected chi connectivity index (χ2v) is 7.04. The van der Waals surface area contributed by atoms with Crippen molar-refractivity contribution in [2.75, 3.05) is 0 Å². The van der Waals surface area contributed by atoms with Gasteiger partial charge in [-0.15, -0.1) is 0 Å². The van der Waals surface area contributed by atoms with Crippen molar-refractivity contribution in [2.24, 2.45) is 10.8 Å². The molecule has 0 aliphatic heterocycles. The number of aromatic nitrogens is 1. The molecule has 32 heavy (non-hydrogen) atoms. The lowest BCUT2D eigenvalue weighted by Gasteiger charge is -2.16. The number of alkyl halides is 3. The molecule has 0 saturated carbocycles. The van der Waals surface area contributed by atoms with Crippen LogP contribution in [-0.2, 0) is 6.18 Å². The molecule has 3 rings (SSSR count). The molecule has 2 amide bonds. The van der Waals surface area contributed by atoms with Crippen molar-refractivity contribution in [1.82, 2.24) is 10.4 Å². The number of pyridine rings is 1. The van der Waals surface area contributed by atoms with Crippen LogP contribution < -0.4 is 11.2 Å². The summed E-state index contributed by atoms with van der Waals surface area (Å²) >= 11 is 0. The van der Waals surface area contributed by atoms with Gasteiger partial charge in [-0.25, -0.2) is 10.4 Å². The number of aryl methyl sites for hydroxylation is 2. The van der Waals surface area contributed by atoms with Crippen molar-refractivity contribution in [3.8, 4) is 11.1 Å². The molecule has 0 unspecified atom stereocenters. The van der Waals surface area contributed by atoms with Gasteiger partial charge in [0.1, 0.15) is 5.69 Å². The maximum atomic E-state index is 13.3. The van der Waals surface area contributed by atoms with Crippen molar-refractivity contribution < 1.29 is 22.8 Å². The number of carbonyl (C=O) groups is 2. The Labute approximate surface area is 182 Å². The number of nitrogens with two attached hydrogens (primary N) is 1. The summed E-state index contributed by atoms with van der Waals surface area (Å²) in [5.41, 5.74) is 8.43. The predicted octanol–water partition coefficient (Wildman–Crippen LogP) is 4.25. The molecule has 0 radical (unpaired) electrons. The molecule has 164 valence electrons. The van der Waals surface area contributed by atoms with Gasteiger partial charge in [0, 0.05) is 17.3 Å². The van der Waals surface area contributed by atoms with Crippen LogP contribution in [0.25, 0.3) is 11.1 Å². The number of hydrogen-bond acceptors (Lipinski definition) is 4. The Hall–Kier alpha value is -4.01. The molecule has 0 fully saturated rings. The number of amides is 2. The zero-order valence-corrected chi connectivity index (χ0v) is 17.2. The van der Waals surface area contributed by atoms with E-state index in [9.17, 15) is 22.8 Å². The van der Waals surface area contributed by atoms with Gasteiger partial charge in [0.2, 0.25) is 0 Å². The maximum absolute atomic E-state index is 13.3. The quantitative estimate of drug-likeness (QED) is 0.459. The first-order valence-corrected chi connectivity index (χ1v) is 9.45. The third-order valence-corrected chi connectivity index (χ3v) is 4.79. The average molecular weight is 440 g/mol. The molecule has 0 aliphatic rings. The van der Waals surface area contributed by atoms with E-state index in [4.69, 9.17) is 5.73 Å². The number of nitrogens with one attached hydrogen (secondary N) is 1. The number of hydrazone groups is 1. The summed E-state index contributed by atoms with van der Waals surface area (Å²) in [6.45, 7) is 3.49. The number of rotatable bonds is 5. The van der Waals surface area contributed by atoms with Gasteiger partial charge < -0.3 is 5.73 Å². The van der Waals surface area contributed by atoms with Gasteiger partial charge in [-0.05, 0) is 48.2 Å². The first kappa shape index (κ1) is 22.7. The molecular weight excluding hydrogens is 421 g/mol. The molecule has 1 aromatic heterocycles. The lowest BCUT2D eigenvalue weighted by molar-refractivity contribution is -0.137. The number of halogens is 3. The van der Waals surface area contributed by atoms with Crippen LogP contribution in [0.15, 0.2) is 59.8 Å². The second kappa shape index (κ2) is 9.01. The zero-order chi connectivity index (χ0) is 23.5. The van der Waals surface area contributed by atoms with E-state index in [0.29, 0.717) is 11.8 Å². The number of hydrogen-bond donors (Lipinski definition) is 2. The fourth-order valence-corrected chi connectivity index (χ4v) is 3.17. The topological polar surface area (TPSA) is 97.4 Å². The van der Waals surface area contributed by atoms with Crippen LogP contribution in [0.1, 0.15) is 43.1 Å². The minimum Gasteiger partial charge on any atom is -0.364 e. The molecule has 0 bridgehead atoms. The van der Waals surface area contributed by atoms with E-state index in [1.54, 1.807) is 19.1 Å². The fraction of sp³-hybridized carbons (Fsp3) is 0.130. The molecule has 3 aromatic rings. The van der Waals surface area contributed by atoms with E-state index < -0.39 is 23.6 Å². The van der Waals surface area contributed by atoms with E-state index in [2.05, 4.69) is 15.5 Å². The summed E-state index contributed by atoms with van der Waals surface area (Å²) in [6.07, 6.45) is -2.70. The van der Waals surface area contributed by atoms with Gasteiger partial charge in [0.05, 0.1) is 11.8 Å². The molecule has 3 N–H and O–H groups in total. The molecule has 0 aliphatic carbocycles. The Bertz CT molecular complexity index is 1220. The smallest absolute Gasteiger partial charge is 0.364 e. The largest absolute Gasteiger partial charge is 0.417 e. The van der Waals surface area contributed by atoms with Crippen LogP contribution in [0, 0.1) is 13.8 Å². The second-order valence-electron chi connectivity index (χ2n) is 7.04. The van der Waals surface area contributed by atoms with Gasteiger partial charge in [0.15, 0.2) is 0 Å². The molecule has 9 heteroatoms. The Morgan fingerprint density at radius 3 is 2.41 bits per heavy atom. The highest BCUT2D eigenvalue weighted by atomic mass is 19.4. The highest BCUT2D eigenvalue weighted by Crippen LogP contribution is 2.35. The summed E-state index contributed by atoms with van der Waals surface area (Å²) in [4.78, 5) is 28.3. The number of nitrogens with zero attached hydrogens (tertiary/aromatic N) is 2. The lowest BCUT2D eigenvalue weighted by atomic mass is 9.92. The van der Waals surface area contributed by atoms with Crippen molar-refractivity contribution >= 4 is 18.0 Å². The van der Waals surface area contributed by atoms with Crippen LogP contribution in [0.3, 0.4) is 0 Å². The summed E-state index contributed by atoms with van der Waals surface area (Å²) in [5.74, 6) is -1.68. The van der Waals surface area contributed by atoms with E-state index >= 15 is 0 Å². The summed E-state index contributed by atoms with van der Waals surface area (Å²) in [5, 5.41) is 3.95. The van der Waals surface area contributed by atoms with Gasteiger partial charge in [-0.2, -0.15) is 18.3 Å². The normalized spacial score (nSPS) is 11.5. The Kier molecular flexibility index (Phi) is 6.38. The molecule has 0 saturated heterocycles. The van der Waals surface area contributed by atoms with E-state index in [1.165, 1.54) is 12.3 Å². The Balaban J connectivity index is 2.06. The van der Waals surface area contributed by atoms with Gasteiger partial charge >= 0.3 is 6.18 Å². The van der Waals surface area contributed by atoms with Gasteiger partial charge in [0.25, 0.3) is 11.8 Å². The third-order valence-electron chi connectivity index (χ3n) is 4.79. The molecule has 2 aromatic carbocycles. The standard InChI is InChI=1S/C23H19F3N4O2/c1-13-6-3-4-8-15(13)11-29-30-22(32)17-9-5-7-14(2)19(17)18-10-16(23(24,25)26)12-28-20(18)21(27)31/h3-12H,1-2H3,(H2,27,31)(H,30,32). The van der Waals surface area contributed by atoms with Crippen molar-refractivity contribution in [3.05, 3.63) is 88.2 Å². The van der Waals surface area contributed by atoms with Gasteiger partial charge in [-0.3, -0.25) is 9.59 Å². The van der Waals surface area contributed by atoms with Crippen molar-refractivity contribution in [1.29, 1.82) is 0 Å². The number of carbonyl (C=O) groups excluding carboxylic acids is 2. The van der Waals surface area contributed by atoms with Crippen LogP contribution in [0.5, 0.6) is 0 Å². The third kappa shape index (κ3) is 4.83. The zero-order valence-electron chi connectivity index (χ0n) is 17.2. The molecule has 6 nitrogen and oxygen atoms in total. The highest BCUT2D eigenvalue weighted by Gasteiger charge is 2.33. The fourth-order valence-electron chi connectivity index (χ4n) is 3.17. The van der Waals surface area contributed by atoms with E-state index in [0.717, 1.165) is 17.2 Å². The van der Waals surface area contributed by atoms with E-state index in [1.807, 2.05) is 31.2 Å². The number of primary amides is 1. The monoisotopic (exact) mass is 440 g/mol. The SMILES string of the molecule is Cc1ccccc1C=NNC(=O)c1cccc(C)c1-c1cc(C(F)(F)F)cnc1C(N)=O. The molecule has 0 atom stereocenters. The average Bonchev–Trinajstić information content (AvgIpc) is 2.73. The van der Waals surface area contributed by atoms with Crippen LogP contribution >= 0.6 is 0 Å². The first-order chi connectivity index (χ1) is 15.1. The summed E-state index contributed by atoms with van der Waals surface area (Å²) in [6, 6.07) is 12.8. The van der Waals surface area contributed by atoms with Crippen molar-refractivity contribution in [3.63, 3.8) is 0 Å². The Morgan fingerprint density at radius 1 is 1.06 bits per heavy atom. The maximum Gasteiger partial charge on any atom is 0.417 e. The van der Waals surface area contributed by atoms with Crippen LogP contribution in [0.4, 0.5) is 13.2 Å². The summed E-state index contributed by atoms with van der Waals surface area (Å²) < 4.78 is 39.8. The predicted molar refractivity (Wildman–Crippen MR) is 114 cm³/mol.